The SMILES string of the molecule is NCCc1cccc(Cl)c1C(F)(F)F. The number of benzene rings is 1. The molecule has 0 fully saturated rings. The summed E-state index contributed by atoms with van der Waals surface area (Å²) in [5.41, 5.74) is 4.59. The van der Waals surface area contributed by atoms with Crippen LogP contribution in [0.5, 0.6) is 0 Å². The topological polar surface area (TPSA) is 26.0 Å². The molecule has 1 nitrogen and oxygen atoms in total. The van der Waals surface area contributed by atoms with Crippen molar-refractivity contribution in [3.05, 3.63) is 34.3 Å². The van der Waals surface area contributed by atoms with Gasteiger partial charge in [0.1, 0.15) is 0 Å². The summed E-state index contributed by atoms with van der Waals surface area (Å²) in [6.07, 6.45) is -4.24. The quantitative estimate of drug-likeness (QED) is 0.820. The lowest BCUT2D eigenvalue weighted by atomic mass is 10.0. The van der Waals surface area contributed by atoms with Crippen molar-refractivity contribution in [2.45, 2.75) is 12.6 Å². The van der Waals surface area contributed by atoms with Crippen LogP contribution < -0.4 is 5.73 Å². The molecule has 0 unspecified atom stereocenters. The second-order valence-corrected chi connectivity index (χ2v) is 3.22. The van der Waals surface area contributed by atoms with E-state index in [0.717, 1.165) is 0 Å². The molecule has 5 heteroatoms. The van der Waals surface area contributed by atoms with E-state index in [0.29, 0.717) is 0 Å². The fraction of sp³-hybridized carbons (Fsp3) is 0.333. The summed E-state index contributed by atoms with van der Waals surface area (Å²) in [5, 5.41) is -0.275. The number of hydrogen-bond acceptors (Lipinski definition) is 1. The molecule has 0 atom stereocenters. The molecular weight excluding hydrogens is 215 g/mol. The minimum Gasteiger partial charge on any atom is -0.330 e. The molecule has 0 aromatic heterocycles. The first-order valence-corrected chi connectivity index (χ1v) is 4.39. The highest BCUT2D eigenvalue weighted by atomic mass is 35.5. The van der Waals surface area contributed by atoms with Crippen molar-refractivity contribution < 1.29 is 13.2 Å². The van der Waals surface area contributed by atoms with E-state index in [1.165, 1.54) is 18.2 Å². The molecule has 0 saturated heterocycles. The van der Waals surface area contributed by atoms with Crippen molar-refractivity contribution in [2.24, 2.45) is 5.73 Å². The van der Waals surface area contributed by atoms with Crippen molar-refractivity contribution in [2.75, 3.05) is 6.54 Å². The van der Waals surface area contributed by atoms with Crippen molar-refractivity contribution in [3.63, 3.8) is 0 Å². The first-order chi connectivity index (χ1) is 6.46. The molecule has 0 heterocycles. The molecule has 0 amide bonds. The van der Waals surface area contributed by atoms with Gasteiger partial charge in [-0.25, -0.2) is 0 Å². The lowest BCUT2D eigenvalue weighted by molar-refractivity contribution is -0.138. The standard InChI is InChI=1S/C9H9ClF3N/c10-7-3-1-2-6(4-5-14)8(7)9(11,12)13/h1-3H,4-5,14H2. The highest BCUT2D eigenvalue weighted by molar-refractivity contribution is 6.31. The van der Waals surface area contributed by atoms with Crippen LogP contribution in [0.3, 0.4) is 0 Å². The van der Waals surface area contributed by atoms with E-state index >= 15 is 0 Å². The maximum Gasteiger partial charge on any atom is 0.418 e. The van der Waals surface area contributed by atoms with Gasteiger partial charge in [-0.1, -0.05) is 23.7 Å². The van der Waals surface area contributed by atoms with Crippen molar-refractivity contribution in [3.8, 4) is 0 Å². The smallest absolute Gasteiger partial charge is 0.330 e. The molecule has 14 heavy (non-hydrogen) atoms. The number of nitrogens with two attached hydrogens (primary N) is 1. The largest absolute Gasteiger partial charge is 0.418 e. The zero-order chi connectivity index (χ0) is 10.8. The summed E-state index contributed by atoms with van der Waals surface area (Å²) in [6, 6.07) is 4.11. The van der Waals surface area contributed by atoms with Crippen molar-refractivity contribution in [1.82, 2.24) is 0 Å². The zero-order valence-corrected chi connectivity index (χ0v) is 7.99. The van der Waals surface area contributed by atoms with Crippen LogP contribution in [0, 0.1) is 0 Å². The van der Waals surface area contributed by atoms with Crippen LogP contribution in [0.15, 0.2) is 18.2 Å². The predicted molar refractivity (Wildman–Crippen MR) is 49.2 cm³/mol. The molecule has 0 radical (unpaired) electrons. The second kappa shape index (κ2) is 4.19. The van der Waals surface area contributed by atoms with Gasteiger partial charge in [-0.2, -0.15) is 13.2 Å². The van der Waals surface area contributed by atoms with Crippen LogP contribution >= 0.6 is 11.6 Å². The van der Waals surface area contributed by atoms with E-state index in [9.17, 15) is 13.2 Å². The van der Waals surface area contributed by atoms with E-state index in [1.807, 2.05) is 0 Å². The van der Waals surface area contributed by atoms with Crippen molar-refractivity contribution >= 4 is 11.6 Å². The van der Waals surface area contributed by atoms with Gasteiger partial charge >= 0.3 is 6.18 Å². The average Bonchev–Trinajstić information content (AvgIpc) is 2.02. The predicted octanol–water partition coefficient (Wildman–Crippen LogP) is 2.86. The van der Waals surface area contributed by atoms with Crippen LogP contribution in [0.1, 0.15) is 11.1 Å². The third-order valence-corrected chi connectivity index (χ3v) is 2.11. The Balaban J connectivity index is 3.22. The second-order valence-electron chi connectivity index (χ2n) is 2.81. The summed E-state index contributed by atoms with van der Waals surface area (Å²) < 4.78 is 37.5. The van der Waals surface area contributed by atoms with Gasteiger partial charge < -0.3 is 5.73 Å². The van der Waals surface area contributed by atoms with Crippen LogP contribution in [0.25, 0.3) is 0 Å². The van der Waals surface area contributed by atoms with E-state index in [-0.39, 0.29) is 23.6 Å². The van der Waals surface area contributed by atoms with Gasteiger partial charge in [0, 0.05) is 0 Å². The van der Waals surface area contributed by atoms with E-state index in [1.54, 1.807) is 0 Å². The van der Waals surface area contributed by atoms with Gasteiger partial charge in [0.25, 0.3) is 0 Å². The Morgan fingerprint density at radius 1 is 1.29 bits per heavy atom. The summed E-state index contributed by atoms with van der Waals surface area (Å²) in [4.78, 5) is 0. The molecule has 1 aromatic rings. The minimum atomic E-state index is -4.41. The first-order valence-electron chi connectivity index (χ1n) is 4.01. The van der Waals surface area contributed by atoms with Crippen LogP contribution in [0.4, 0.5) is 13.2 Å². The average molecular weight is 224 g/mol. The van der Waals surface area contributed by atoms with Gasteiger partial charge in [0.2, 0.25) is 0 Å². The summed E-state index contributed by atoms with van der Waals surface area (Å²) in [5.74, 6) is 0. The number of hydrogen-bond donors (Lipinski definition) is 1. The first kappa shape index (κ1) is 11.3. The maximum absolute atomic E-state index is 12.5. The van der Waals surface area contributed by atoms with Gasteiger partial charge in [-0.3, -0.25) is 0 Å². The van der Waals surface area contributed by atoms with Gasteiger partial charge in [-0.05, 0) is 24.6 Å². The third-order valence-electron chi connectivity index (χ3n) is 1.80. The summed E-state index contributed by atoms with van der Waals surface area (Å²) >= 11 is 5.49. The van der Waals surface area contributed by atoms with Gasteiger partial charge in [-0.15, -0.1) is 0 Å². The lowest BCUT2D eigenvalue weighted by Gasteiger charge is -2.13. The molecule has 0 bridgehead atoms. The lowest BCUT2D eigenvalue weighted by Crippen LogP contribution is -2.13. The normalized spacial score (nSPS) is 11.8. The molecule has 1 aromatic carbocycles. The molecule has 0 saturated carbocycles. The Morgan fingerprint density at radius 3 is 2.43 bits per heavy atom. The summed E-state index contributed by atoms with van der Waals surface area (Å²) in [6.45, 7) is 0.170. The molecule has 0 aliphatic carbocycles. The monoisotopic (exact) mass is 223 g/mol. The zero-order valence-electron chi connectivity index (χ0n) is 7.24. The molecule has 0 aliphatic heterocycles. The molecule has 0 aliphatic rings. The number of halogens is 4. The Hall–Kier alpha value is -0.740. The van der Waals surface area contributed by atoms with Gasteiger partial charge in [0.05, 0.1) is 10.6 Å². The minimum absolute atomic E-state index is 0.146. The fourth-order valence-electron chi connectivity index (χ4n) is 1.25. The maximum atomic E-state index is 12.5. The van der Waals surface area contributed by atoms with E-state index in [2.05, 4.69) is 0 Å². The Bertz CT molecular complexity index is 322. The molecular formula is C9H9ClF3N. The fourth-order valence-corrected chi connectivity index (χ4v) is 1.55. The number of alkyl halides is 3. The molecule has 2 N–H and O–H groups in total. The number of rotatable bonds is 2. The highest BCUT2D eigenvalue weighted by Gasteiger charge is 2.35. The van der Waals surface area contributed by atoms with Gasteiger partial charge in [0.15, 0.2) is 0 Å². The molecule has 1 rings (SSSR count). The molecule has 0 spiro atoms. The third kappa shape index (κ3) is 2.39. The highest BCUT2D eigenvalue weighted by Crippen LogP contribution is 2.37. The van der Waals surface area contributed by atoms with Crippen LogP contribution in [0.2, 0.25) is 5.02 Å². The molecule has 78 valence electrons. The summed E-state index contributed by atoms with van der Waals surface area (Å²) in [7, 11) is 0. The Labute approximate surface area is 84.7 Å². The Kier molecular flexibility index (Phi) is 3.39. The van der Waals surface area contributed by atoms with Crippen LogP contribution in [-0.2, 0) is 12.6 Å². The van der Waals surface area contributed by atoms with Crippen LogP contribution in [-0.4, -0.2) is 6.54 Å². The van der Waals surface area contributed by atoms with Crippen molar-refractivity contribution in [1.29, 1.82) is 0 Å². The van der Waals surface area contributed by atoms with E-state index in [4.69, 9.17) is 17.3 Å². The Morgan fingerprint density at radius 2 is 1.93 bits per heavy atom. The van der Waals surface area contributed by atoms with E-state index < -0.39 is 11.7 Å².